The van der Waals surface area contributed by atoms with Gasteiger partial charge in [-0.1, -0.05) is 6.07 Å². The van der Waals surface area contributed by atoms with Crippen LogP contribution >= 0.6 is 0 Å². The van der Waals surface area contributed by atoms with Crippen molar-refractivity contribution in [3.05, 3.63) is 59.2 Å². The average molecular weight is 426 g/mol. The van der Waals surface area contributed by atoms with E-state index in [-0.39, 0.29) is 19.1 Å². The Kier molecular flexibility index (Phi) is 8.85. The number of ether oxygens (including phenoxy) is 3. The Morgan fingerprint density at radius 3 is 2.45 bits per heavy atom. The molecule has 0 aliphatic carbocycles. The Balaban J connectivity index is 2.08. The van der Waals surface area contributed by atoms with Crippen LogP contribution in [0.5, 0.6) is 5.75 Å². The molecule has 0 aromatic heterocycles. The first-order valence-corrected chi connectivity index (χ1v) is 9.89. The van der Waals surface area contributed by atoms with E-state index in [0.717, 1.165) is 5.56 Å². The molecule has 0 heterocycles. The SMILES string of the molecule is CCOc1ccc(CC(OC(C)C)C(=O)O)cc1COC(=O)Nc1ccc(C#N)cc1. The number of nitrogens with zero attached hydrogens (tertiary/aromatic N) is 1. The van der Waals surface area contributed by atoms with Crippen LogP contribution in [-0.4, -0.2) is 36.0 Å². The summed E-state index contributed by atoms with van der Waals surface area (Å²) in [6, 6.07) is 13.6. The summed E-state index contributed by atoms with van der Waals surface area (Å²) in [5.41, 5.74) is 2.32. The van der Waals surface area contributed by atoms with E-state index in [1.54, 1.807) is 56.3 Å². The van der Waals surface area contributed by atoms with Gasteiger partial charge in [0.25, 0.3) is 0 Å². The van der Waals surface area contributed by atoms with Crippen LogP contribution in [-0.2, 0) is 27.3 Å². The lowest BCUT2D eigenvalue weighted by molar-refractivity contribution is -0.153. The van der Waals surface area contributed by atoms with E-state index in [1.165, 1.54) is 0 Å². The van der Waals surface area contributed by atoms with Gasteiger partial charge in [0, 0.05) is 17.7 Å². The monoisotopic (exact) mass is 426 g/mol. The van der Waals surface area contributed by atoms with Crippen molar-refractivity contribution < 1.29 is 28.9 Å². The van der Waals surface area contributed by atoms with Crippen molar-refractivity contribution in [1.82, 2.24) is 0 Å². The highest BCUT2D eigenvalue weighted by atomic mass is 16.5. The third kappa shape index (κ3) is 7.64. The van der Waals surface area contributed by atoms with Gasteiger partial charge in [0.15, 0.2) is 6.10 Å². The number of anilines is 1. The van der Waals surface area contributed by atoms with Crippen molar-refractivity contribution in [3.63, 3.8) is 0 Å². The number of carboxylic acids is 1. The number of benzene rings is 2. The van der Waals surface area contributed by atoms with Crippen molar-refractivity contribution in [2.45, 2.75) is 46.0 Å². The van der Waals surface area contributed by atoms with Gasteiger partial charge in [-0.15, -0.1) is 0 Å². The minimum Gasteiger partial charge on any atom is -0.493 e. The molecule has 8 nitrogen and oxygen atoms in total. The molecule has 0 saturated carbocycles. The molecule has 1 unspecified atom stereocenters. The molecule has 0 fully saturated rings. The van der Waals surface area contributed by atoms with Gasteiger partial charge >= 0.3 is 12.1 Å². The zero-order valence-corrected chi connectivity index (χ0v) is 17.8. The molecule has 1 atom stereocenters. The number of nitrogens with one attached hydrogen (secondary N) is 1. The lowest BCUT2D eigenvalue weighted by Crippen LogP contribution is -2.29. The zero-order chi connectivity index (χ0) is 22.8. The van der Waals surface area contributed by atoms with Gasteiger partial charge in [0.05, 0.1) is 24.3 Å². The molecule has 2 rings (SSSR count). The van der Waals surface area contributed by atoms with Gasteiger partial charge in [0.1, 0.15) is 12.4 Å². The van der Waals surface area contributed by atoms with E-state index in [1.807, 2.05) is 13.0 Å². The molecule has 0 spiro atoms. The second-order valence-electron chi connectivity index (χ2n) is 6.98. The third-order valence-corrected chi connectivity index (χ3v) is 4.18. The maximum atomic E-state index is 12.1. The first-order chi connectivity index (χ1) is 14.8. The lowest BCUT2D eigenvalue weighted by Gasteiger charge is -2.18. The van der Waals surface area contributed by atoms with Gasteiger partial charge < -0.3 is 19.3 Å². The molecule has 1 amide bonds. The fraction of sp³-hybridized carbons (Fsp3) is 0.348. The molecule has 31 heavy (non-hydrogen) atoms. The van der Waals surface area contributed by atoms with E-state index in [2.05, 4.69) is 5.32 Å². The Morgan fingerprint density at radius 1 is 1.16 bits per heavy atom. The van der Waals surface area contributed by atoms with E-state index < -0.39 is 18.2 Å². The molecule has 0 aliphatic heterocycles. The molecule has 0 aliphatic rings. The summed E-state index contributed by atoms with van der Waals surface area (Å²) < 4.78 is 16.4. The van der Waals surface area contributed by atoms with E-state index in [4.69, 9.17) is 19.5 Å². The van der Waals surface area contributed by atoms with Crippen LogP contribution in [0.25, 0.3) is 0 Å². The number of rotatable bonds is 10. The molecule has 0 bridgehead atoms. The summed E-state index contributed by atoms with van der Waals surface area (Å²) in [4.78, 5) is 23.6. The van der Waals surface area contributed by atoms with Crippen LogP contribution < -0.4 is 10.1 Å². The van der Waals surface area contributed by atoms with Crippen LogP contribution in [0.4, 0.5) is 10.5 Å². The van der Waals surface area contributed by atoms with Crippen molar-refractivity contribution >= 4 is 17.7 Å². The van der Waals surface area contributed by atoms with E-state index in [0.29, 0.717) is 29.2 Å². The largest absolute Gasteiger partial charge is 0.493 e. The summed E-state index contributed by atoms with van der Waals surface area (Å²) in [7, 11) is 0. The molecule has 2 N–H and O–H groups in total. The summed E-state index contributed by atoms with van der Waals surface area (Å²) >= 11 is 0. The highest BCUT2D eigenvalue weighted by Crippen LogP contribution is 2.23. The average Bonchev–Trinajstić information content (AvgIpc) is 2.73. The number of hydrogen-bond acceptors (Lipinski definition) is 6. The Labute approximate surface area is 181 Å². The Bertz CT molecular complexity index is 934. The highest BCUT2D eigenvalue weighted by molar-refractivity contribution is 5.84. The molecule has 164 valence electrons. The zero-order valence-electron chi connectivity index (χ0n) is 17.8. The van der Waals surface area contributed by atoms with Crippen LogP contribution in [0.15, 0.2) is 42.5 Å². The van der Waals surface area contributed by atoms with Gasteiger partial charge in [-0.25, -0.2) is 9.59 Å². The molecule has 0 radical (unpaired) electrons. The Morgan fingerprint density at radius 2 is 1.87 bits per heavy atom. The van der Waals surface area contributed by atoms with Gasteiger partial charge in [0.2, 0.25) is 0 Å². The quantitative estimate of drug-likeness (QED) is 0.586. The second-order valence-corrected chi connectivity index (χ2v) is 6.98. The van der Waals surface area contributed by atoms with Crippen molar-refractivity contribution in [1.29, 1.82) is 5.26 Å². The number of carbonyl (C=O) groups excluding carboxylic acids is 1. The van der Waals surface area contributed by atoms with Crippen LogP contribution in [0, 0.1) is 11.3 Å². The molecule has 8 heteroatoms. The molecular formula is C23H26N2O6. The van der Waals surface area contributed by atoms with Gasteiger partial charge in [-0.3, -0.25) is 5.32 Å². The minimum absolute atomic E-state index is 0.0614. The fourth-order valence-electron chi connectivity index (χ4n) is 2.83. The topological polar surface area (TPSA) is 118 Å². The number of aliphatic carboxylic acids is 1. The van der Waals surface area contributed by atoms with Crippen molar-refractivity contribution in [2.24, 2.45) is 0 Å². The second kappa shape index (κ2) is 11.6. The predicted molar refractivity (Wildman–Crippen MR) is 114 cm³/mol. The molecule has 2 aromatic rings. The summed E-state index contributed by atoms with van der Waals surface area (Å²) in [6.45, 7) is 5.76. The first-order valence-electron chi connectivity index (χ1n) is 9.89. The number of carbonyl (C=O) groups is 2. The third-order valence-electron chi connectivity index (χ3n) is 4.18. The van der Waals surface area contributed by atoms with Crippen LogP contribution in [0.3, 0.4) is 0 Å². The fourth-order valence-corrected chi connectivity index (χ4v) is 2.83. The summed E-state index contributed by atoms with van der Waals surface area (Å²) in [5, 5.41) is 20.8. The minimum atomic E-state index is -1.04. The highest BCUT2D eigenvalue weighted by Gasteiger charge is 2.21. The standard InChI is InChI=1S/C23H26N2O6/c1-4-29-20-10-7-17(12-21(22(26)27)31-15(2)3)11-18(20)14-30-23(28)25-19-8-5-16(13-24)6-9-19/h5-11,15,21H,4,12,14H2,1-3H3,(H,25,28)(H,26,27). The van der Waals surface area contributed by atoms with Crippen molar-refractivity contribution in [2.75, 3.05) is 11.9 Å². The van der Waals surface area contributed by atoms with E-state index in [9.17, 15) is 14.7 Å². The van der Waals surface area contributed by atoms with Gasteiger partial charge in [-0.05, 0) is 62.7 Å². The maximum Gasteiger partial charge on any atom is 0.411 e. The molecular weight excluding hydrogens is 400 g/mol. The first kappa shape index (κ1) is 23.7. The van der Waals surface area contributed by atoms with Crippen LogP contribution in [0.2, 0.25) is 0 Å². The van der Waals surface area contributed by atoms with Crippen LogP contribution in [0.1, 0.15) is 37.5 Å². The normalized spacial score (nSPS) is 11.5. The number of amides is 1. The smallest absolute Gasteiger partial charge is 0.411 e. The lowest BCUT2D eigenvalue weighted by atomic mass is 10.0. The summed E-state index contributed by atoms with van der Waals surface area (Å²) in [6.07, 6.45) is -1.70. The Hall–Kier alpha value is -3.57. The number of nitriles is 1. The van der Waals surface area contributed by atoms with Crippen molar-refractivity contribution in [3.8, 4) is 11.8 Å². The number of hydrogen-bond donors (Lipinski definition) is 2. The van der Waals surface area contributed by atoms with E-state index >= 15 is 0 Å². The van der Waals surface area contributed by atoms with Gasteiger partial charge in [-0.2, -0.15) is 5.26 Å². The molecule has 2 aromatic carbocycles. The summed E-state index contributed by atoms with van der Waals surface area (Å²) in [5.74, 6) is -0.490. The molecule has 0 saturated heterocycles. The number of carboxylic acid groups (broad SMARTS) is 1. The maximum absolute atomic E-state index is 12.1. The predicted octanol–water partition coefficient (Wildman–Crippen LogP) is 4.13.